The predicted molar refractivity (Wildman–Crippen MR) is 187 cm³/mol. The van der Waals surface area contributed by atoms with E-state index >= 15 is 0 Å². The molecule has 0 radical (unpaired) electrons. The molecule has 8 atom stereocenters. The maximum atomic E-state index is 8.52. The Labute approximate surface area is 276 Å². The Bertz CT molecular complexity index is 622. The second-order valence-electron chi connectivity index (χ2n) is 3.42. The fourth-order valence-corrected chi connectivity index (χ4v) is 0. The highest BCUT2D eigenvalue weighted by Crippen LogP contribution is 1.65. The van der Waals surface area contributed by atoms with Gasteiger partial charge in [0, 0.05) is 116 Å². The zero-order chi connectivity index (χ0) is 39.7. The Morgan fingerprint density at radius 1 is 0.273 bits per heavy atom. The zero-order valence-corrected chi connectivity index (χ0v) is 37.6. The summed E-state index contributed by atoms with van der Waals surface area (Å²) < 4.78 is 136. The van der Waals surface area contributed by atoms with Gasteiger partial charge >= 0.3 is 0 Å². The smallest absolute Gasteiger partial charge is 0.147 e. The molecule has 8 N–H and O–H groups in total. The van der Waals surface area contributed by atoms with Gasteiger partial charge in [-0.1, -0.05) is 0 Å². The van der Waals surface area contributed by atoms with Crippen molar-refractivity contribution in [2.75, 3.05) is 50.8 Å². The van der Waals surface area contributed by atoms with Gasteiger partial charge in [0.15, 0.2) is 0 Å². The van der Waals surface area contributed by atoms with Crippen LogP contribution in [0.15, 0.2) is 0 Å². The molecule has 0 amide bonds. The molecule has 0 aliphatic carbocycles. The van der Waals surface area contributed by atoms with E-state index in [0.29, 0.717) is 0 Å². The number of aliphatic hydroxyl groups is 8. The summed E-state index contributed by atoms with van der Waals surface area (Å²) >= 11 is 0. The second kappa shape index (κ2) is 75.8. The topological polar surface area (TPSA) is 483 Å². The lowest BCUT2D eigenvalue weighted by Gasteiger charge is -2.06. The molecule has 288 valence electrons. The predicted octanol–water partition coefficient (Wildman–Crippen LogP) is -9.00. The number of hydrogen-bond donors (Lipinski definition) is 8. The van der Waals surface area contributed by atoms with Gasteiger partial charge in [-0.05, 0) is 0 Å². The van der Waals surface area contributed by atoms with Crippen LogP contribution in [0.4, 0.5) is 0 Å². The second-order valence-corrected chi connectivity index (χ2v) is 10.3. The van der Waals surface area contributed by atoms with Crippen molar-refractivity contribution in [2.24, 2.45) is 0 Å². The lowest BCUT2D eigenvalue weighted by atomic mass is 11.7. The monoisotopic (exact) mass is 904 g/mol. The van der Waals surface area contributed by atoms with E-state index in [2.05, 4.69) is 0 Å². The summed E-state index contributed by atoms with van der Waals surface area (Å²) in [7, 11) is -8.43. The molecule has 36 heteroatoms. The lowest BCUT2D eigenvalue weighted by Crippen LogP contribution is -1.91. The SMILES string of the molecule is O=S(=O)([O-])[O-].O=S(=O)([O-])[O-].O=S(=O)([O-])[O-].O=S(=O)([O-])[O-].OC[PH3+].OC[PH3+].OC[PH3+].OC[PH3+].OC[PH3+].OC[PH3+].OC[PH3+].OC[PH3+]. The van der Waals surface area contributed by atoms with Crippen LogP contribution >= 0.6 is 73.9 Å². The Kier molecular flexibility index (Phi) is 139. The largest absolute Gasteiger partial charge is 0.759 e. The average molecular weight is 905 g/mol. The van der Waals surface area contributed by atoms with E-state index in [1.807, 2.05) is 0 Å². The molecule has 8 unspecified atom stereocenters. The summed E-state index contributed by atoms with van der Waals surface area (Å²) in [6, 6.07) is 0. The van der Waals surface area contributed by atoms with E-state index in [1.54, 1.807) is 0 Å². The molecule has 0 saturated heterocycles. The molecule has 0 rings (SSSR count). The molecule has 0 aliphatic rings. The van der Waals surface area contributed by atoms with Crippen LogP contribution in [0.2, 0.25) is 0 Å². The van der Waals surface area contributed by atoms with Crippen LogP contribution in [0.3, 0.4) is 0 Å². The molecule has 0 aromatic carbocycles. The first-order valence-electron chi connectivity index (χ1n) is 9.20. The quantitative estimate of drug-likeness (QED) is 0.0635. The van der Waals surface area contributed by atoms with Gasteiger partial charge in [-0.25, -0.2) is 0 Å². The van der Waals surface area contributed by atoms with Crippen molar-refractivity contribution in [1.82, 2.24) is 0 Å². The molecule has 0 bridgehead atoms. The highest BCUT2D eigenvalue weighted by atomic mass is 32.3. The molecule has 0 spiro atoms. The molecule has 24 nitrogen and oxygen atoms in total. The third-order valence-corrected chi connectivity index (χ3v) is 0. The van der Waals surface area contributed by atoms with Gasteiger partial charge in [-0.15, -0.1) is 0 Å². The third kappa shape index (κ3) is 12500. The molecule has 0 aromatic heterocycles. The van der Waals surface area contributed by atoms with Crippen molar-refractivity contribution in [3.63, 3.8) is 0 Å². The van der Waals surface area contributed by atoms with Crippen LogP contribution in [-0.4, -0.2) is 162 Å². The van der Waals surface area contributed by atoms with Crippen LogP contribution in [-0.2, 0) is 41.6 Å². The van der Waals surface area contributed by atoms with Crippen molar-refractivity contribution in [3.8, 4) is 0 Å². The maximum Gasteiger partial charge on any atom is 0.147 e. The van der Waals surface area contributed by atoms with Crippen LogP contribution in [0.25, 0.3) is 0 Å². The van der Waals surface area contributed by atoms with Crippen LogP contribution in [0.1, 0.15) is 0 Å². The number of aliphatic hydroxyl groups excluding tert-OH is 8. The van der Waals surface area contributed by atoms with Gasteiger partial charge in [0.05, 0.1) is 0 Å². The molecule has 0 aliphatic heterocycles. The van der Waals surface area contributed by atoms with Gasteiger partial charge in [0.25, 0.3) is 0 Å². The summed E-state index contributed by atoms with van der Waals surface area (Å²) in [5.74, 6) is 0. The van der Waals surface area contributed by atoms with Gasteiger partial charge in [0.2, 0.25) is 0 Å². The third-order valence-electron chi connectivity index (χ3n) is 0. The number of hydrogen-bond acceptors (Lipinski definition) is 24. The summed E-state index contributed by atoms with van der Waals surface area (Å²) in [6.07, 6.45) is 2.22. The molecule has 0 saturated carbocycles. The van der Waals surface area contributed by atoms with Crippen LogP contribution in [0, 0.1) is 0 Å². The van der Waals surface area contributed by atoms with E-state index in [9.17, 15) is 0 Å². The summed E-state index contributed by atoms with van der Waals surface area (Å²) in [4.78, 5) is 0. The van der Waals surface area contributed by atoms with Gasteiger partial charge in [-0.2, -0.15) is 0 Å². The molecular weight excluding hydrogens is 856 g/mol. The minimum atomic E-state index is -5.17. The van der Waals surface area contributed by atoms with Crippen molar-refractivity contribution in [2.45, 2.75) is 0 Å². The first-order valence-corrected chi connectivity index (χ1v) is 22.5. The molecular formula is C8H48O24P8S4. The summed E-state index contributed by atoms with van der Waals surface area (Å²) in [5.41, 5.74) is 0. The van der Waals surface area contributed by atoms with E-state index < -0.39 is 41.6 Å². The van der Waals surface area contributed by atoms with Crippen LogP contribution < -0.4 is 0 Å². The van der Waals surface area contributed by atoms with Gasteiger partial charge < -0.3 is 77.3 Å². The fourth-order valence-electron chi connectivity index (χ4n) is 0. The normalized spacial score (nSPS) is 9.09. The van der Waals surface area contributed by atoms with Crippen molar-refractivity contribution < 1.29 is 111 Å². The van der Waals surface area contributed by atoms with E-state index in [0.717, 1.165) is 0 Å². The maximum absolute atomic E-state index is 8.52. The number of rotatable bonds is 0. The summed E-state index contributed by atoms with van der Waals surface area (Å²) in [5, 5.41) is 60.7. The highest BCUT2D eigenvalue weighted by Gasteiger charge is 1.51. The van der Waals surface area contributed by atoms with E-state index in [4.69, 9.17) is 111 Å². The first-order chi connectivity index (χ1) is 19.3. The minimum Gasteiger partial charge on any atom is -0.759 e. The highest BCUT2D eigenvalue weighted by molar-refractivity contribution is 7.80. The Morgan fingerprint density at radius 3 is 0.273 bits per heavy atom. The fraction of sp³-hybridized carbons (Fsp3) is 1.00. The Balaban J connectivity index is -0.0000000256. The van der Waals surface area contributed by atoms with Crippen molar-refractivity contribution in [1.29, 1.82) is 0 Å². The molecule has 44 heavy (non-hydrogen) atoms. The van der Waals surface area contributed by atoms with Crippen LogP contribution in [0.5, 0.6) is 0 Å². The van der Waals surface area contributed by atoms with Crippen molar-refractivity contribution in [3.05, 3.63) is 0 Å². The van der Waals surface area contributed by atoms with Crippen molar-refractivity contribution >= 4 is 116 Å². The molecule has 0 fully saturated rings. The Hall–Kier alpha value is 2.60. The average Bonchev–Trinajstić information content (AvgIpc) is 2.67. The molecule has 0 aromatic rings. The standard InChI is InChI=1S/8CH5OP.4H2O4S/c8*2-1-3;4*1-5(2,3)4/h8*2H,1,3H2;4*(H2,1,2,3,4). The lowest BCUT2D eigenvalue weighted by molar-refractivity contribution is 0.350. The summed E-state index contributed by atoms with van der Waals surface area (Å²) in [6.45, 7) is 0. The molecule has 0 heterocycles. The first kappa shape index (κ1) is 80.9. The zero-order valence-electron chi connectivity index (χ0n) is 23.1. The van der Waals surface area contributed by atoms with E-state index in [1.165, 1.54) is 73.9 Å². The van der Waals surface area contributed by atoms with E-state index in [-0.39, 0.29) is 50.8 Å². The van der Waals surface area contributed by atoms with Gasteiger partial charge in [0.1, 0.15) is 50.8 Å². The van der Waals surface area contributed by atoms with Gasteiger partial charge in [-0.3, -0.25) is 33.7 Å². The Morgan fingerprint density at radius 2 is 0.273 bits per heavy atom. The minimum absolute atomic E-state index is 0.278.